The van der Waals surface area contributed by atoms with Crippen molar-refractivity contribution in [3.8, 4) is 0 Å². The molecule has 0 N–H and O–H groups in total. The average Bonchev–Trinajstić information content (AvgIpc) is 2.80. The minimum Gasteiger partial charge on any atom is -0.292 e. The third-order valence-electron chi connectivity index (χ3n) is 4.32. The Balaban J connectivity index is 1.83. The maximum absolute atomic E-state index is 12.5. The van der Waals surface area contributed by atoms with E-state index in [4.69, 9.17) is 0 Å². The number of carbonyl (C=O) groups is 1. The van der Waals surface area contributed by atoms with Crippen molar-refractivity contribution in [2.45, 2.75) is 26.8 Å². The third-order valence-corrected chi connectivity index (χ3v) is 4.32. The molecule has 0 fully saturated rings. The van der Waals surface area contributed by atoms with Gasteiger partial charge in [0.2, 0.25) is 18.5 Å². The number of benzene rings is 2. The topological polar surface area (TPSA) is 25.9 Å². The van der Waals surface area contributed by atoms with Gasteiger partial charge in [0.05, 0.1) is 12.4 Å². The molecule has 0 aliphatic rings. The number of aromatic nitrogens is 2. The largest absolute Gasteiger partial charge is 0.292 e. The molecule has 0 unspecified atom stereocenters. The van der Waals surface area contributed by atoms with Crippen molar-refractivity contribution < 1.29 is 9.48 Å². The first-order valence-corrected chi connectivity index (χ1v) is 7.57. The van der Waals surface area contributed by atoms with Gasteiger partial charge in [-0.25, -0.2) is 0 Å². The highest BCUT2D eigenvalue weighted by atomic mass is 16.1. The van der Waals surface area contributed by atoms with Crippen LogP contribution in [0.1, 0.15) is 16.7 Å². The Kier molecular flexibility index (Phi) is 3.80. The van der Waals surface area contributed by atoms with Crippen LogP contribution in [0.5, 0.6) is 0 Å². The van der Waals surface area contributed by atoms with Crippen LogP contribution in [0.3, 0.4) is 0 Å². The molecule has 0 saturated carbocycles. The number of hydrogen-bond donors (Lipinski definition) is 0. The van der Waals surface area contributed by atoms with Crippen LogP contribution in [0, 0.1) is 13.8 Å². The number of rotatable bonds is 4. The van der Waals surface area contributed by atoms with E-state index in [1.54, 1.807) is 0 Å². The number of nitrogens with zero attached hydrogens (tertiary/aromatic N) is 2. The number of Topliss-reactive ketones (excluding diaryl/α,β-unsaturated/α-hetero) is 1. The van der Waals surface area contributed by atoms with Gasteiger partial charge < -0.3 is 0 Å². The van der Waals surface area contributed by atoms with Crippen molar-refractivity contribution in [3.63, 3.8) is 0 Å². The fourth-order valence-electron chi connectivity index (χ4n) is 2.99. The van der Waals surface area contributed by atoms with Gasteiger partial charge >= 0.3 is 0 Å². The molecule has 0 spiro atoms. The highest BCUT2D eigenvalue weighted by molar-refractivity contribution is 5.81. The molecule has 3 aromatic rings. The molecule has 3 nitrogen and oxygen atoms in total. The summed E-state index contributed by atoms with van der Waals surface area (Å²) >= 11 is 0. The molecular formula is C19H21N2O+. The number of hydrogen-bond acceptors (Lipinski definition) is 1. The van der Waals surface area contributed by atoms with Gasteiger partial charge in [0, 0.05) is 6.42 Å². The zero-order valence-corrected chi connectivity index (χ0v) is 13.3. The molecule has 22 heavy (non-hydrogen) atoms. The van der Waals surface area contributed by atoms with Crippen LogP contribution >= 0.6 is 0 Å². The smallest absolute Gasteiger partial charge is 0.230 e. The van der Waals surface area contributed by atoms with E-state index in [0.29, 0.717) is 13.0 Å². The standard InChI is InChI=1S/C19H21N2O/c1-14-7-6-8-15(2)18(14)11-17(22)13-21-12-16-9-4-5-10-19(16)20(21)3/h4-10,12H,11,13H2,1-3H3/q+1. The highest BCUT2D eigenvalue weighted by Gasteiger charge is 2.18. The Morgan fingerprint density at radius 3 is 2.41 bits per heavy atom. The Hall–Kier alpha value is -2.42. The maximum atomic E-state index is 12.5. The Morgan fingerprint density at radius 2 is 1.73 bits per heavy atom. The molecule has 0 aliphatic carbocycles. The lowest BCUT2D eigenvalue weighted by atomic mass is 9.98. The second kappa shape index (κ2) is 5.76. The van der Waals surface area contributed by atoms with Crippen LogP contribution in [0.25, 0.3) is 10.9 Å². The van der Waals surface area contributed by atoms with E-state index in [2.05, 4.69) is 38.1 Å². The maximum Gasteiger partial charge on any atom is 0.230 e. The van der Waals surface area contributed by atoms with Crippen molar-refractivity contribution >= 4 is 16.7 Å². The number of fused-ring (bicyclic) bond motifs is 1. The molecule has 0 bridgehead atoms. The van der Waals surface area contributed by atoms with E-state index in [-0.39, 0.29) is 5.78 Å². The fourth-order valence-corrected chi connectivity index (χ4v) is 2.99. The Labute approximate surface area is 130 Å². The lowest BCUT2D eigenvalue weighted by Gasteiger charge is -2.07. The lowest BCUT2D eigenvalue weighted by molar-refractivity contribution is -0.759. The molecule has 0 atom stereocenters. The van der Waals surface area contributed by atoms with Gasteiger partial charge in [-0.1, -0.05) is 30.3 Å². The van der Waals surface area contributed by atoms with Gasteiger partial charge in [-0.05, 0) is 42.7 Å². The monoisotopic (exact) mass is 293 g/mol. The molecule has 2 aromatic carbocycles. The minimum atomic E-state index is 0.230. The van der Waals surface area contributed by atoms with Gasteiger partial charge in [-0.15, -0.1) is 4.68 Å². The van der Waals surface area contributed by atoms with Crippen molar-refractivity contribution in [1.29, 1.82) is 0 Å². The van der Waals surface area contributed by atoms with Gasteiger partial charge in [0.15, 0.2) is 0 Å². The molecular weight excluding hydrogens is 272 g/mol. The first kappa shape index (κ1) is 14.5. The van der Waals surface area contributed by atoms with Crippen LogP contribution in [-0.2, 0) is 24.8 Å². The molecule has 3 heteroatoms. The van der Waals surface area contributed by atoms with Crippen molar-refractivity contribution in [2.24, 2.45) is 7.05 Å². The van der Waals surface area contributed by atoms with Crippen LogP contribution in [0.2, 0.25) is 0 Å². The van der Waals surface area contributed by atoms with Gasteiger partial charge in [0.25, 0.3) is 0 Å². The van der Waals surface area contributed by atoms with E-state index >= 15 is 0 Å². The Bertz CT molecular complexity index is 826. The first-order valence-electron chi connectivity index (χ1n) is 7.57. The molecule has 0 aliphatic heterocycles. The van der Waals surface area contributed by atoms with Crippen molar-refractivity contribution in [1.82, 2.24) is 4.68 Å². The number of carbonyl (C=O) groups excluding carboxylic acids is 1. The molecule has 1 aromatic heterocycles. The zero-order valence-electron chi connectivity index (χ0n) is 13.3. The quantitative estimate of drug-likeness (QED) is 0.679. The minimum absolute atomic E-state index is 0.230. The van der Waals surface area contributed by atoms with Crippen LogP contribution in [-0.4, -0.2) is 10.5 Å². The van der Waals surface area contributed by atoms with E-state index in [1.165, 1.54) is 11.1 Å². The molecule has 0 saturated heterocycles. The number of aryl methyl sites for hydroxylation is 3. The van der Waals surface area contributed by atoms with Crippen molar-refractivity contribution in [3.05, 3.63) is 65.4 Å². The summed E-state index contributed by atoms with van der Waals surface area (Å²) in [4.78, 5) is 12.5. The summed E-state index contributed by atoms with van der Waals surface area (Å²) in [6, 6.07) is 14.4. The summed E-state index contributed by atoms with van der Waals surface area (Å²) in [5.41, 5.74) is 4.68. The van der Waals surface area contributed by atoms with Crippen LogP contribution in [0.15, 0.2) is 48.7 Å². The van der Waals surface area contributed by atoms with Gasteiger partial charge in [0.1, 0.15) is 5.52 Å². The van der Waals surface area contributed by atoms with E-state index in [9.17, 15) is 4.79 Å². The second-order valence-electron chi connectivity index (χ2n) is 5.89. The second-order valence-corrected chi connectivity index (χ2v) is 5.89. The number of ketones is 1. The highest BCUT2D eigenvalue weighted by Crippen LogP contribution is 2.14. The summed E-state index contributed by atoms with van der Waals surface area (Å²) < 4.78 is 4.03. The number of para-hydroxylation sites is 1. The summed E-state index contributed by atoms with van der Waals surface area (Å²) in [5.74, 6) is 0.230. The molecule has 0 radical (unpaired) electrons. The van der Waals surface area contributed by atoms with Gasteiger partial charge in [-0.2, -0.15) is 4.68 Å². The van der Waals surface area contributed by atoms with E-state index in [1.807, 2.05) is 40.8 Å². The predicted octanol–water partition coefficient (Wildman–Crippen LogP) is 2.89. The Morgan fingerprint density at radius 1 is 1.05 bits per heavy atom. The zero-order chi connectivity index (χ0) is 15.7. The summed E-state index contributed by atoms with van der Waals surface area (Å²) in [6.45, 7) is 4.54. The molecule has 1 heterocycles. The predicted molar refractivity (Wildman–Crippen MR) is 87.7 cm³/mol. The first-order chi connectivity index (χ1) is 10.6. The molecule has 0 amide bonds. The van der Waals surface area contributed by atoms with E-state index in [0.717, 1.165) is 16.5 Å². The summed E-state index contributed by atoms with van der Waals surface area (Å²) in [5, 5.41) is 1.16. The van der Waals surface area contributed by atoms with Crippen molar-refractivity contribution in [2.75, 3.05) is 0 Å². The summed E-state index contributed by atoms with van der Waals surface area (Å²) in [6.07, 6.45) is 2.53. The normalized spacial score (nSPS) is 11.0. The summed E-state index contributed by atoms with van der Waals surface area (Å²) in [7, 11) is 1.99. The molecule has 112 valence electrons. The van der Waals surface area contributed by atoms with Gasteiger partial charge in [-0.3, -0.25) is 4.79 Å². The molecule has 3 rings (SSSR count). The average molecular weight is 293 g/mol. The fraction of sp³-hybridized carbons (Fsp3) is 0.263. The van der Waals surface area contributed by atoms with Crippen LogP contribution < -0.4 is 4.68 Å². The SMILES string of the molecule is Cc1cccc(C)c1CC(=O)C[n+]1cc2ccccc2n1C. The van der Waals surface area contributed by atoms with Crippen LogP contribution in [0.4, 0.5) is 0 Å². The third kappa shape index (κ3) is 2.67. The van der Waals surface area contributed by atoms with E-state index < -0.39 is 0 Å². The lowest BCUT2D eigenvalue weighted by Crippen LogP contribution is -2.44.